The number of benzene rings is 2. The van der Waals surface area contributed by atoms with E-state index in [9.17, 15) is 0 Å². The quantitative estimate of drug-likeness (QED) is 0.771. The largest absolute Gasteiger partial charge is 0.457 e. The fraction of sp³-hybridized carbons (Fsp3) is 0.118. The number of nitrogens with zero attached hydrogens (tertiary/aromatic N) is 2. The van der Waals surface area contributed by atoms with Crippen LogP contribution in [0.15, 0.2) is 66.9 Å². The lowest BCUT2D eigenvalue weighted by Gasteiger charge is -2.09. The molecule has 4 nitrogen and oxygen atoms in total. The Labute approximate surface area is 124 Å². The van der Waals surface area contributed by atoms with E-state index in [1.807, 2.05) is 73.9 Å². The molecule has 3 rings (SSSR count). The summed E-state index contributed by atoms with van der Waals surface area (Å²) in [5.74, 6) is 1.64. The minimum absolute atomic E-state index is 0.690. The predicted molar refractivity (Wildman–Crippen MR) is 83.5 cm³/mol. The number of hydrogen-bond donors (Lipinski definition) is 1. The predicted octanol–water partition coefficient (Wildman–Crippen LogP) is 3.82. The van der Waals surface area contributed by atoms with E-state index < -0.39 is 0 Å². The lowest BCUT2D eigenvalue weighted by molar-refractivity contribution is 0.483. The van der Waals surface area contributed by atoms with Crippen molar-refractivity contribution in [2.45, 2.75) is 6.54 Å². The molecule has 0 unspecified atom stereocenters. The smallest absolute Gasteiger partial charge is 0.129 e. The Morgan fingerprint density at radius 3 is 2.57 bits per heavy atom. The lowest BCUT2D eigenvalue weighted by Crippen LogP contribution is -2.01. The number of para-hydroxylation sites is 1. The van der Waals surface area contributed by atoms with Crippen molar-refractivity contribution in [2.24, 2.45) is 7.05 Å². The monoisotopic (exact) mass is 279 g/mol. The van der Waals surface area contributed by atoms with Crippen molar-refractivity contribution in [1.82, 2.24) is 9.78 Å². The normalized spacial score (nSPS) is 10.3. The molecule has 21 heavy (non-hydrogen) atoms. The number of anilines is 1. The van der Waals surface area contributed by atoms with Crippen LogP contribution in [-0.4, -0.2) is 9.78 Å². The summed E-state index contributed by atoms with van der Waals surface area (Å²) < 4.78 is 7.61. The molecule has 0 radical (unpaired) electrons. The zero-order valence-corrected chi connectivity index (χ0v) is 11.9. The van der Waals surface area contributed by atoms with Crippen LogP contribution in [0.3, 0.4) is 0 Å². The molecule has 0 fully saturated rings. The van der Waals surface area contributed by atoms with Gasteiger partial charge in [-0.05, 0) is 30.3 Å². The summed E-state index contributed by atoms with van der Waals surface area (Å²) in [4.78, 5) is 0. The highest BCUT2D eigenvalue weighted by Crippen LogP contribution is 2.23. The molecule has 4 heteroatoms. The maximum Gasteiger partial charge on any atom is 0.129 e. The summed E-state index contributed by atoms with van der Waals surface area (Å²) in [5, 5.41) is 7.68. The number of hydrogen-bond acceptors (Lipinski definition) is 3. The first-order valence-electron chi connectivity index (χ1n) is 6.85. The minimum atomic E-state index is 0.690. The molecule has 0 bridgehead atoms. The maximum atomic E-state index is 5.82. The Bertz CT molecular complexity index is 707. The van der Waals surface area contributed by atoms with Gasteiger partial charge in [0.15, 0.2) is 0 Å². The zero-order chi connectivity index (χ0) is 14.5. The highest BCUT2D eigenvalue weighted by atomic mass is 16.5. The summed E-state index contributed by atoms with van der Waals surface area (Å²) >= 11 is 0. The van der Waals surface area contributed by atoms with Crippen molar-refractivity contribution in [2.75, 3.05) is 5.32 Å². The van der Waals surface area contributed by atoms with Crippen molar-refractivity contribution >= 4 is 5.69 Å². The van der Waals surface area contributed by atoms with E-state index in [2.05, 4.69) is 10.4 Å². The third-order valence-corrected chi connectivity index (χ3v) is 3.06. The van der Waals surface area contributed by atoms with Crippen LogP contribution in [0.25, 0.3) is 0 Å². The summed E-state index contributed by atoms with van der Waals surface area (Å²) in [6.07, 6.45) is 1.94. The van der Waals surface area contributed by atoms with Crippen LogP contribution in [0.1, 0.15) is 5.69 Å². The molecule has 0 amide bonds. The fourth-order valence-corrected chi connectivity index (χ4v) is 2.04. The van der Waals surface area contributed by atoms with E-state index >= 15 is 0 Å². The SMILES string of the molecule is Cn1ccc(CNc2cccc(Oc3ccccc3)c2)n1. The van der Waals surface area contributed by atoms with Crippen LogP contribution in [0.5, 0.6) is 11.5 Å². The molecular formula is C17H17N3O. The van der Waals surface area contributed by atoms with Gasteiger partial charge >= 0.3 is 0 Å². The van der Waals surface area contributed by atoms with Gasteiger partial charge in [-0.3, -0.25) is 4.68 Å². The van der Waals surface area contributed by atoms with E-state index in [0.29, 0.717) is 6.54 Å². The Hall–Kier alpha value is -2.75. The summed E-state index contributed by atoms with van der Waals surface area (Å²) in [7, 11) is 1.91. The zero-order valence-electron chi connectivity index (χ0n) is 11.9. The van der Waals surface area contributed by atoms with Gasteiger partial charge in [0.1, 0.15) is 11.5 Å². The van der Waals surface area contributed by atoms with Gasteiger partial charge < -0.3 is 10.1 Å². The molecule has 0 aliphatic rings. The molecule has 0 aliphatic carbocycles. The Morgan fingerprint density at radius 1 is 1.00 bits per heavy atom. The van der Waals surface area contributed by atoms with Crippen molar-refractivity contribution in [3.8, 4) is 11.5 Å². The molecule has 1 heterocycles. The highest BCUT2D eigenvalue weighted by Gasteiger charge is 2.00. The molecule has 2 aromatic carbocycles. The molecule has 0 saturated heterocycles. The Kier molecular flexibility index (Phi) is 3.87. The van der Waals surface area contributed by atoms with Gasteiger partial charge in [0.2, 0.25) is 0 Å². The lowest BCUT2D eigenvalue weighted by atomic mass is 10.3. The van der Waals surface area contributed by atoms with E-state index in [1.165, 1.54) is 0 Å². The van der Waals surface area contributed by atoms with Crippen LogP contribution in [0.4, 0.5) is 5.69 Å². The Morgan fingerprint density at radius 2 is 1.81 bits per heavy atom. The number of nitrogens with one attached hydrogen (secondary N) is 1. The molecule has 3 aromatic rings. The second kappa shape index (κ2) is 6.13. The Balaban J connectivity index is 1.65. The third-order valence-electron chi connectivity index (χ3n) is 3.06. The van der Waals surface area contributed by atoms with Crippen LogP contribution >= 0.6 is 0 Å². The number of ether oxygens (including phenoxy) is 1. The van der Waals surface area contributed by atoms with Crippen molar-refractivity contribution < 1.29 is 4.74 Å². The van der Waals surface area contributed by atoms with Crippen LogP contribution in [-0.2, 0) is 13.6 Å². The summed E-state index contributed by atoms with van der Waals surface area (Å²) in [6.45, 7) is 0.690. The number of aryl methyl sites for hydroxylation is 1. The summed E-state index contributed by atoms with van der Waals surface area (Å²) in [6, 6.07) is 19.7. The molecule has 0 spiro atoms. The first-order valence-corrected chi connectivity index (χ1v) is 6.85. The second-order valence-corrected chi connectivity index (χ2v) is 4.78. The van der Waals surface area contributed by atoms with E-state index in [4.69, 9.17) is 4.74 Å². The van der Waals surface area contributed by atoms with Crippen LogP contribution in [0.2, 0.25) is 0 Å². The van der Waals surface area contributed by atoms with Gasteiger partial charge in [-0.2, -0.15) is 5.10 Å². The third kappa shape index (κ3) is 3.63. The highest BCUT2D eigenvalue weighted by molar-refractivity contribution is 5.49. The fourth-order valence-electron chi connectivity index (χ4n) is 2.04. The molecular weight excluding hydrogens is 262 g/mol. The standard InChI is InChI=1S/C17H17N3O/c1-20-11-10-15(19-20)13-18-14-6-5-9-17(12-14)21-16-7-3-2-4-8-16/h2-12,18H,13H2,1H3. The van der Waals surface area contributed by atoms with Gasteiger partial charge in [-0.15, -0.1) is 0 Å². The second-order valence-electron chi connectivity index (χ2n) is 4.78. The van der Waals surface area contributed by atoms with Gasteiger partial charge in [0.25, 0.3) is 0 Å². The summed E-state index contributed by atoms with van der Waals surface area (Å²) in [5.41, 5.74) is 2.01. The molecule has 1 aromatic heterocycles. The average molecular weight is 279 g/mol. The first-order chi connectivity index (χ1) is 10.3. The molecule has 0 atom stereocenters. The number of rotatable bonds is 5. The van der Waals surface area contributed by atoms with Gasteiger partial charge in [-0.25, -0.2) is 0 Å². The molecule has 106 valence electrons. The van der Waals surface area contributed by atoms with Crippen molar-refractivity contribution in [3.63, 3.8) is 0 Å². The van der Waals surface area contributed by atoms with Crippen molar-refractivity contribution in [1.29, 1.82) is 0 Å². The van der Waals surface area contributed by atoms with E-state index in [0.717, 1.165) is 22.9 Å². The van der Waals surface area contributed by atoms with Crippen molar-refractivity contribution in [3.05, 3.63) is 72.6 Å². The van der Waals surface area contributed by atoms with Crippen LogP contribution in [0, 0.1) is 0 Å². The van der Waals surface area contributed by atoms with E-state index in [-0.39, 0.29) is 0 Å². The van der Waals surface area contributed by atoms with E-state index in [1.54, 1.807) is 4.68 Å². The van der Waals surface area contributed by atoms with Gasteiger partial charge in [0, 0.05) is 25.0 Å². The molecule has 0 saturated carbocycles. The van der Waals surface area contributed by atoms with Gasteiger partial charge in [-0.1, -0.05) is 24.3 Å². The maximum absolute atomic E-state index is 5.82. The molecule has 0 aliphatic heterocycles. The topological polar surface area (TPSA) is 39.1 Å². The first kappa shape index (κ1) is 13.2. The minimum Gasteiger partial charge on any atom is -0.457 e. The van der Waals surface area contributed by atoms with Crippen LogP contribution < -0.4 is 10.1 Å². The average Bonchev–Trinajstić information content (AvgIpc) is 2.92. The van der Waals surface area contributed by atoms with Gasteiger partial charge in [0.05, 0.1) is 12.2 Å². The molecule has 1 N–H and O–H groups in total. The number of aromatic nitrogens is 2.